The molecule has 0 aromatic heterocycles. The number of esters is 1. The molecule has 0 saturated heterocycles. The van der Waals surface area contributed by atoms with Gasteiger partial charge in [-0.25, -0.2) is 4.79 Å². The van der Waals surface area contributed by atoms with Crippen molar-refractivity contribution in [2.75, 3.05) is 14.2 Å². The molecular formula is C10H9F3O4. The fourth-order valence-electron chi connectivity index (χ4n) is 1.28. The summed E-state index contributed by atoms with van der Waals surface area (Å²) in [6, 6.07) is 1.47. The minimum absolute atomic E-state index is 0.277. The van der Waals surface area contributed by atoms with Gasteiger partial charge in [0, 0.05) is 0 Å². The highest BCUT2D eigenvalue weighted by molar-refractivity contribution is 5.93. The maximum Gasteiger partial charge on any atom is 0.420 e. The fourth-order valence-corrected chi connectivity index (χ4v) is 1.28. The minimum Gasteiger partial charge on any atom is -0.504 e. The van der Waals surface area contributed by atoms with Crippen LogP contribution in [-0.4, -0.2) is 25.3 Å². The number of methoxy groups -OCH3 is 2. The Morgan fingerprint density at radius 2 is 1.88 bits per heavy atom. The zero-order chi connectivity index (χ0) is 13.2. The first-order valence-corrected chi connectivity index (χ1v) is 4.38. The fraction of sp³-hybridized carbons (Fsp3) is 0.300. The number of phenols is 1. The largest absolute Gasteiger partial charge is 0.504 e. The molecule has 0 atom stereocenters. The summed E-state index contributed by atoms with van der Waals surface area (Å²) in [6.45, 7) is 0. The maximum atomic E-state index is 12.4. The molecule has 0 aliphatic carbocycles. The van der Waals surface area contributed by atoms with E-state index in [9.17, 15) is 23.1 Å². The second-order valence-electron chi connectivity index (χ2n) is 3.03. The van der Waals surface area contributed by atoms with Crippen LogP contribution in [0.1, 0.15) is 15.9 Å². The summed E-state index contributed by atoms with van der Waals surface area (Å²) in [5, 5.41) is 9.40. The first-order valence-electron chi connectivity index (χ1n) is 4.38. The lowest BCUT2D eigenvalue weighted by atomic mass is 10.1. The van der Waals surface area contributed by atoms with E-state index in [0.717, 1.165) is 20.3 Å². The average Bonchev–Trinajstić information content (AvgIpc) is 2.25. The molecule has 0 radical (unpaired) electrons. The highest BCUT2D eigenvalue weighted by atomic mass is 19.4. The van der Waals surface area contributed by atoms with Crippen LogP contribution < -0.4 is 4.74 Å². The predicted molar refractivity (Wildman–Crippen MR) is 51.0 cm³/mol. The highest BCUT2D eigenvalue weighted by Crippen LogP contribution is 2.42. The van der Waals surface area contributed by atoms with Crippen LogP contribution in [0.15, 0.2) is 12.1 Å². The van der Waals surface area contributed by atoms with Crippen molar-refractivity contribution in [3.63, 3.8) is 0 Å². The molecule has 0 aliphatic heterocycles. The van der Waals surface area contributed by atoms with Gasteiger partial charge in [0.1, 0.15) is 11.1 Å². The third-order valence-corrected chi connectivity index (χ3v) is 2.05. The summed E-state index contributed by atoms with van der Waals surface area (Å²) in [6.07, 6.45) is -4.73. The van der Waals surface area contributed by atoms with Crippen molar-refractivity contribution in [1.82, 2.24) is 0 Å². The molecule has 7 heteroatoms. The standard InChI is InChI=1S/C10H9F3O4/c1-16-8-5(9(15)17-2)3-4-6(7(8)14)10(11,12)13/h3-4,14H,1-2H3. The van der Waals surface area contributed by atoms with E-state index in [1.54, 1.807) is 0 Å². The van der Waals surface area contributed by atoms with E-state index in [4.69, 9.17) is 0 Å². The summed E-state index contributed by atoms with van der Waals surface area (Å²) in [5.74, 6) is -2.60. The van der Waals surface area contributed by atoms with E-state index in [-0.39, 0.29) is 5.56 Å². The number of phenolic OH excluding ortho intramolecular Hbond substituents is 1. The van der Waals surface area contributed by atoms with Gasteiger partial charge in [-0.15, -0.1) is 0 Å². The molecule has 0 spiro atoms. The van der Waals surface area contributed by atoms with Gasteiger partial charge in [-0.1, -0.05) is 0 Å². The number of carbonyl (C=O) groups excluding carboxylic acids is 1. The molecule has 0 amide bonds. The van der Waals surface area contributed by atoms with Gasteiger partial charge in [0.15, 0.2) is 11.5 Å². The summed E-state index contributed by atoms with van der Waals surface area (Å²) < 4.78 is 46.3. The smallest absolute Gasteiger partial charge is 0.420 e. The third-order valence-electron chi connectivity index (χ3n) is 2.05. The van der Waals surface area contributed by atoms with Crippen LogP contribution in [0.3, 0.4) is 0 Å². The number of halogens is 3. The highest BCUT2D eigenvalue weighted by Gasteiger charge is 2.36. The summed E-state index contributed by atoms with van der Waals surface area (Å²) in [5.41, 5.74) is -1.55. The zero-order valence-electron chi connectivity index (χ0n) is 8.96. The normalized spacial score (nSPS) is 11.1. The van der Waals surface area contributed by atoms with Gasteiger partial charge >= 0.3 is 12.1 Å². The number of alkyl halides is 3. The van der Waals surface area contributed by atoms with Crippen molar-refractivity contribution < 1.29 is 32.5 Å². The number of ether oxygens (including phenoxy) is 2. The van der Waals surface area contributed by atoms with Crippen molar-refractivity contribution in [3.05, 3.63) is 23.3 Å². The Morgan fingerprint density at radius 1 is 1.29 bits per heavy atom. The molecule has 1 rings (SSSR count). The van der Waals surface area contributed by atoms with Gasteiger partial charge in [0.05, 0.1) is 14.2 Å². The van der Waals surface area contributed by atoms with Gasteiger partial charge in [0.2, 0.25) is 0 Å². The van der Waals surface area contributed by atoms with Crippen LogP contribution in [-0.2, 0) is 10.9 Å². The Kier molecular flexibility index (Phi) is 3.50. The first-order chi connectivity index (χ1) is 7.82. The second kappa shape index (κ2) is 4.52. The molecule has 17 heavy (non-hydrogen) atoms. The van der Waals surface area contributed by atoms with Crippen molar-refractivity contribution in [2.45, 2.75) is 6.18 Å². The minimum atomic E-state index is -4.73. The van der Waals surface area contributed by atoms with Crippen LogP contribution in [0.2, 0.25) is 0 Å². The molecular weight excluding hydrogens is 241 g/mol. The molecule has 1 aromatic carbocycles. The van der Waals surface area contributed by atoms with Crippen molar-refractivity contribution in [1.29, 1.82) is 0 Å². The Bertz CT molecular complexity index is 440. The summed E-state index contributed by atoms with van der Waals surface area (Å²) >= 11 is 0. The van der Waals surface area contributed by atoms with Crippen molar-refractivity contribution >= 4 is 5.97 Å². The molecule has 0 fully saturated rings. The van der Waals surface area contributed by atoms with Gasteiger partial charge in [0.25, 0.3) is 0 Å². The second-order valence-corrected chi connectivity index (χ2v) is 3.03. The van der Waals surface area contributed by atoms with Crippen molar-refractivity contribution in [2.24, 2.45) is 0 Å². The summed E-state index contributed by atoms with van der Waals surface area (Å²) in [4.78, 5) is 11.2. The first kappa shape index (κ1) is 13.1. The van der Waals surface area contributed by atoms with E-state index in [1.165, 1.54) is 0 Å². The maximum absolute atomic E-state index is 12.4. The van der Waals surface area contributed by atoms with Crippen LogP contribution in [0, 0.1) is 0 Å². The molecule has 94 valence electrons. The third kappa shape index (κ3) is 2.43. The molecule has 0 bridgehead atoms. The topological polar surface area (TPSA) is 55.8 Å². The van der Waals surface area contributed by atoms with Crippen molar-refractivity contribution in [3.8, 4) is 11.5 Å². The molecule has 0 heterocycles. The Morgan fingerprint density at radius 3 is 2.29 bits per heavy atom. The summed E-state index contributed by atoms with van der Waals surface area (Å²) in [7, 11) is 2.11. The van der Waals surface area contributed by atoms with Crippen LogP contribution in [0.5, 0.6) is 11.5 Å². The number of carbonyl (C=O) groups is 1. The average molecular weight is 250 g/mol. The molecule has 1 aromatic rings. The van der Waals surface area contributed by atoms with E-state index in [2.05, 4.69) is 9.47 Å². The predicted octanol–water partition coefficient (Wildman–Crippen LogP) is 2.21. The number of hydrogen-bond donors (Lipinski definition) is 1. The Labute approximate surface area is 94.6 Å². The molecule has 4 nitrogen and oxygen atoms in total. The number of hydrogen-bond acceptors (Lipinski definition) is 4. The quantitative estimate of drug-likeness (QED) is 0.817. The molecule has 0 saturated carbocycles. The van der Waals surface area contributed by atoms with E-state index in [1.807, 2.05) is 0 Å². The molecule has 0 unspecified atom stereocenters. The lowest BCUT2D eigenvalue weighted by molar-refractivity contribution is -0.138. The van der Waals surface area contributed by atoms with Gasteiger partial charge in [-0.3, -0.25) is 0 Å². The van der Waals surface area contributed by atoms with Crippen LogP contribution in [0.25, 0.3) is 0 Å². The molecule has 1 N–H and O–H groups in total. The zero-order valence-corrected chi connectivity index (χ0v) is 8.96. The molecule has 0 aliphatic rings. The van der Waals surface area contributed by atoms with E-state index < -0.39 is 29.2 Å². The van der Waals surface area contributed by atoms with Crippen LogP contribution in [0.4, 0.5) is 13.2 Å². The monoisotopic (exact) mass is 250 g/mol. The van der Waals surface area contributed by atoms with Gasteiger partial charge < -0.3 is 14.6 Å². The number of benzene rings is 1. The number of rotatable bonds is 2. The van der Waals surface area contributed by atoms with E-state index >= 15 is 0 Å². The lowest BCUT2D eigenvalue weighted by Gasteiger charge is -2.14. The lowest BCUT2D eigenvalue weighted by Crippen LogP contribution is -2.09. The van der Waals surface area contributed by atoms with Crippen LogP contribution >= 0.6 is 0 Å². The Hall–Kier alpha value is -1.92. The van der Waals surface area contributed by atoms with Gasteiger partial charge in [-0.2, -0.15) is 13.2 Å². The van der Waals surface area contributed by atoms with E-state index in [0.29, 0.717) is 6.07 Å². The van der Waals surface area contributed by atoms with Gasteiger partial charge in [-0.05, 0) is 12.1 Å². The SMILES string of the molecule is COC(=O)c1ccc(C(F)(F)F)c(O)c1OC. The number of aromatic hydroxyl groups is 1. The Balaban J connectivity index is 3.43.